The number of aromatic nitrogens is 2. The number of carbonyl (C=O) groups is 2. The van der Waals surface area contributed by atoms with Crippen molar-refractivity contribution in [2.24, 2.45) is 0 Å². The number of carbonyl (C=O) groups excluding carboxylic acids is 2. The van der Waals surface area contributed by atoms with E-state index < -0.39 is 0 Å². The van der Waals surface area contributed by atoms with Gasteiger partial charge in [-0.2, -0.15) is 0 Å². The Hall–Kier alpha value is -3.00. The first-order valence-electron chi connectivity index (χ1n) is 10.0. The molecule has 8 heteroatoms. The van der Waals surface area contributed by atoms with E-state index in [-0.39, 0.29) is 18.4 Å². The fourth-order valence-corrected chi connectivity index (χ4v) is 4.48. The fourth-order valence-electron chi connectivity index (χ4n) is 3.35. The summed E-state index contributed by atoms with van der Waals surface area (Å²) in [5.74, 6) is 1.50. The summed E-state index contributed by atoms with van der Waals surface area (Å²) in [7, 11) is 0. The highest BCUT2D eigenvalue weighted by Crippen LogP contribution is 2.40. The van der Waals surface area contributed by atoms with Crippen molar-refractivity contribution in [2.75, 3.05) is 18.5 Å². The molecule has 156 valence electrons. The molecule has 1 fully saturated rings. The minimum absolute atomic E-state index is 0.0675. The van der Waals surface area contributed by atoms with E-state index in [9.17, 15) is 9.59 Å². The number of likely N-dealkylation sites (N-methyl/N-ethyl adjacent to an activating group) is 1. The smallest absolute Gasteiger partial charge is 0.266 e. The maximum Gasteiger partial charge on any atom is 0.266 e. The van der Waals surface area contributed by atoms with E-state index in [2.05, 4.69) is 15.6 Å². The Morgan fingerprint density at radius 3 is 2.77 bits per heavy atom. The number of anilines is 1. The molecular weight excluding hydrogens is 400 g/mol. The van der Waals surface area contributed by atoms with E-state index in [1.54, 1.807) is 24.3 Å². The third-order valence-corrected chi connectivity index (χ3v) is 6.16. The summed E-state index contributed by atoms with van der Waals surface area (Å²) in [6.07, 6.45) is 2.28. The molecule has 0 spiro atoms. The topological polar surface area (TPSA) is 93.2 Å². The van der Waals surface area contributed by atoms with Gasteiger partial charge in [0.05, 0.1) is 10.6 Å². The van der Waals surface area contributed by atoms with Gasteiger partial charge in [-0.1, -0.05) is 6.07 Å². The molecule has 0 unspecified atom stereocenters. The van der Waals surface area contributed by atoms with Crippen LogP contribution >= 0.6 is 11.3 Å². The quantitative estimate of drug-likeness (QED) is 0.599. The molecular formula is C22H24N4O3S. The number of aryl methyl sites for hydroxylation is 2. The number of benzene rings is 1. The Labute approximate surface area is 178 Å². The highest BCUT2D eigenvalue weighted by Gasteiger charge is 2.28. The van der Waals surface area contributed by atoms with Crippen molar-refractivity contribution < 1.29 is 14.3 Å². The molecule has 2 amide bonds. The minimum Gasteiger partial charge on any atom is -0.484 e. The van der Waals surface area contributed by atoms with Gasteiger partial charge in [-0.25, -0.2) is 9.97 Å². The van der Waals surface area contributed by atoms with Gasteiger partial charge in [0.2, 0.25) is 0 Å². The van der Waals surface area contributed by atoms with Crippen LogP contribution < -0.4 is 15.4 Å². The van der Waals surface area contributed by atoms with E-state index in [0.717, 1.165) is 40.1 Å². The third-order valence-electron chi connectivity index (χ3n) is 4.97. The highest BCUT2D eigenvalue weighted by molar-refractivity contribution is 7.20. The maximum absolute atomic E-state index is 13.0. The first kappa shape index (κ1) is 20.3. The van der Waals surface area contributed by atoms with Crippen molar-refractivity contribution >= 4 is 39.1 Å². The average Bonchev–Trinajstić information content (AvgIpc) is 3.50. The highest BCUT2D eigenvalue weighted by atomic mass is 32.1. The minimum atomic E-state index is -0.191. The molecule has 3 aromatic rings. The molecule has 0 bridgehead atoms. The number of thiophene rings is 1. The van der Waals surface area contributed by atoms with Crippen LogP contribution in [0.25, 0.3) is 10.2 Å². The molecule has 0 atom stereocenters. The van der Waals surface area contributed by atoms with Crippen LogP contribution in [-0.2, 0) is 4.79 Å². The first-order valence-corrected chi connectivity index (χ1v) is 10.9. The van der Waals surface area contributed by atoms with Crippen LogP contribution in [0.4, 0.5) is 5.69 Å². The van der Waals surface area contributed by atoms with Crippen molar-refractivity contribution in [1.82, 2.24) is 15.3 Å². The number of rotatable bonds is 7. The maximum atomic E-state index is 13.0. The molecule has 0 radical (unpaired) electrons. The molecule has 1 aliphatic carbocycles. The van der Waals surface area contributed by atoms with Gasteiger partial charge in [-0.15, -0.1) is 11.3 Å². The Kier molecular flexibility index (Phi) is 5.67. The van der Waals surface area contributed by atoms with E-state index in [1.807, 2.05) is 20.8 Å². The summed E-state index contributed by atoms with van der Waals surface area (Å²) in [5.41, 5.74) is 2.43. The Bertz CT molecular complexity index is 1120. The molecule has 0 aliphatic heterocycles. The van der Waals surface area contributed by atoms with Crippen LogP contribution in [0.5, 0.6) is 5.75 Å². The zero-order valence-corrected chi connectivity index (χ0v) is 18.1. The SMILES string of the molecule is CCNC(=O)COc1cccc(NC(=O)c2sc3nc(C4CC4)nc(C)c3c2C)c1. The second kappa shape index (κ2) is 8.39. The summed E-state index contributed by atoms with van der Waals surface area (Å²) in [4.78, 5) is 35.4. The number of hydrogen-bond acceptors (Lipinski definition) is 6. The monoisotopic (exact) mass is 424 g/mol. The Balaban J connectivity index is 1.52. The molecule has 1 aliphatic rings. The van der Waals surface area contributed by atoms with Crippen molar-refractivity contribution in [3.8, 4) is 5.75 Å². The molecule has 30 heavy (non-hydrogen) atoms. The van der Waals surface area contributed by atoms with Crippen LogP contribution in [0.2, 0.25) is 0 Å². The second-order valence-corrected chi connectivity index (χ2v) is 8.40. The van der Waals surface area contributed by atoms with Gasteiger partial charge >= 0.3 is 0 Å². The predicted molar refractivity (Wildman–Crippen MR) is 117 cm³/mol. The summed E-state index contributed by atoms with van der Waals surface area (Å²) in [5, 5.41) is 6.57. The first-order chi connectivity index (χ1) is 14.5. The zero-order chi connectivity index (χ0) is 21.3. The lowest BCUT2D eigenvalue weighted by atomic mass is 10.1. The Morgan fingerprint density at radius 2 is 2.03 bits per heavy atom. The number of amides is 2. The number of hydrogen-bond donors (Lipinski definition) is 2. The van der Waals surface area contributed by atoms with E-state index in [1.165, 1.54) is 11.3 Å². The molecule has 2 N–H and O–H groups in total. The molecule has 0 saturated heterocycles. The second-order valence-electron chi connectivity index (χ2n) is 7.40. The molecule has 2 heterocycles. The van der Waals surface area contributed by atoms with E-state index in [0.29, 0.717) is 28.8 Å². The summed E-state index contributed by atoms with van der Waals surface area (Å²) in [6, 6.07) is 7.02. The van der Waals surface area contributed by atoms with Crippen molar-refractivity contribution in [2.45, 2.75) is 39.5 Å². The van der Waals surface area contributed by atoms with Crippen LogP contribution in [0, 0.1) is 13.8 Å². The van der Waals surface area contributed by atoms with Gasteiger partial charge in [0.1, 0.15) is 16.4 Å². The van der Waals surface area contributed by atoms with Crippen LogP contribution in [0.15, 0.2) is 24.3 Å². The number of fused-ring (bicyclic) bond motifs is 1. The zero-order valence-electron chi connectivity index (χ0n) is 17.2. The fraction of sp³-hybridized carbons (Fsp3) is 0.364. The number of nitrogens with one attached hydrogen (secondary N) is 2. The van der Waals surface area contributed by atoms with Crippen molar-refractivity contribution in [3.63, 3.8) is 0 Å². The van der Waals surface area contributed by atoms with Gasteiger partial charge in [0, 0.05) is 29.6 Å². The number of nitrogens with zero attached hydrogens (tertiary/aromatic N) is 2. The standard InChI is InChI=1S/C22H24N4O3S/c1-4-23-17(27)11-29-16-7-5-6-15(10-16)25-21(28)19-12(2)18-13(3)24-20(14-8-9-14)26-22(18)30-19/h5-7,10,14H,4,8-9,11H2,1-3H3,(H,23,27)(H,25,28). The van der Waals surface area contributed by atoms with Crippen molar-refractivity contribution in [1.29, 1.82) is 0 Å². The van der Waals surface area contributed by atoms with Gasteiger partial charge in [-0.3, -0.25) is 9.59 Å². The third kappa shape index (κ3) is 4.28. The largest absolute Gasteiger partial charge is 0.484 e. The van der Waals surface area contributed by atoms with Crippen LogP contribution in [0.3, 0.4) is 0 Å². The van der Waals surface area contributed by atoms with Gasteiger partial charge in [0.25, 0.3) is 11.8 Å². The lowest BCUT2D eigenvalue weighted by Gasteiger charge is -2.09. The van der Waals surface area contributed by atoms with E-state index in [4.69, 9.17) is 9.72 Å². The van der Waals surface area contributed by atoms with Gasteiger partial charge in [0.15, 0.2) is 6.61 Å². The molecule has 4 rings (SSSR count). The molecule has 1 saturated carbocycles. The summed E-state index contributed by atoms with van der Waals surface area (Å²) in [6.45, 7) is 6.25. The van der Waals surface area contributed by atoms with Gasteiger partial charge < -0.3 is 15.4 Å². The van der Waals surface area contributed by atoms with Crippen LogP contribution in [0.1, 0.15) is 52.4 Å². The lowest BCUT2D eigenvalue weighted by Crippen LogP contribution is -2.28. The normalized spacial score (nSPS) is 13.3. The summed E-state index contributed by atoms with van der Waals surface area (Å²) >= 11 is 1.40. The van der Waals surface area contributed by atoms with E-state index >= 15 is 0 Å². The Morgan fingerprint density at radius 1 is 1.23 bits per heavy atom. The van der Waals surface area contributed by atoms with Gasteiger partial charge in [-0.05, 0) is 51.3 Å². The molecule has 7 nitrogen and oxygen atoms in total. The van der Waals surface area contributed by atoms with Crippen molar-refractivity contribution in [3.05, 3.63) is 46.2 Å². The lowest BCUT2D eigenvalue weighted by molar-refractivity contribution is -0.122. The molecule has 2 aromatic heterocycles. The average molecular weight is 425 g/mol. The van der Waals surface area contributed by atoms with Crippen LogP contribution in [-0.4, -0.2) is 34.9 Å². The molecule has 1 aromatic carbocycles. The predicted octanol–water partition coefficient (Wildman–Crippen LogP) is 3.95. The number of ether oxygens (including phenoxy) is 1. The summed E-state index contributed by atoms with van der Waals surface area (Å²) < 4.78 is 5.50.